The molecule has 2 atom stereocenters. The molecule has 6 aliphatic rings. The van der Waals surface area contributed by atoms with Gasteiger partial charge in [-0.3, -0.25) is 0 Å². The van der Waals surface area contributed by atoms with E-state index in [1.165, 1.54) is 0 Å². The first-order chi connectivity index (χ1) is 17.2. The molecule has 0 unspecified atom stereocenters. The quantitative estimate of drug-likeness (QED) is 0.276. The number of allylic oxidation sites excluding steroid dienone is 6. The highest BCUT2D eigenvalue weighted by atomic mass is 32.2. The summed E-state index contributed by atoms with van der Waals surface area (Å²) in [4.78, 5) is 1.41. The maximum absolute atomic E-state index is 15.4. The molecule has 0 amide bonds. The Labute approximate surface area is 229 Å². The fourth-order valence-corrected chi connectivity index (χ4v) is 12.2. The minimum absolute atomic E-state index is 0.0306. The minimum atomic E-state index is -5.50. The lowest BCUT2D eigenvalue weighted by Crippen LogP contribution is -2.47. The summed E-state index contributed by atoms with van der Waals surface area (Å²) >= 11 is 5.24. The molecular weight excluding hydrogens is 567 g/mol. The Morgan fingerprint density at radius 2 is 0.946 bits per heavy atom. The standard InChI is InChI=1S/C27H24F6S4/c1-13-17-11-34-9-15-5-7-16(8-6-15)10-35-12-18-14(2)37-22-20-19(21(36-13)23(17,3)24(18,22)4)25(28,29)27(32,33)26(20,30)31/h5-8H,9-12H2,1-4H3/t23-,24-/m0/s1. The molecule has 37 heavy (non-hydrogen) atoms. The van der Waals surface area contributed by atoms with E-state index in [-0.39, 0.29) is 9.81 Å². The van der Waals surface area contributed by atoms with Crippen LogP contribution in [0.15, 0.2) is 66.2 Å². The molecule has 0 radical (unpaired) electrons. The second kappa shape index (κ2) is 8.10. The van der Waals surface area contributed by atoms with Gasteiger partial charge in [0.2, 0.25) is 0 Å². The van der Waals surface area contributed by atoms with Crippen LogP contribution >= 0.6 is 47.0 Å². The molecular formula is C27H24F6S4. The zero-order chi connectivity index (χ0) is 26.8. The number of benzene rings is 1. The summed E-state index contributed by atoms with van der Waals surface area (Å²) in [6, 6.07) is 8.35. The molecule has 0 saturated heterocycles. The smallest absolute Gasteiger partial charge is 0.194 e. The molecule has 1 fully saturated rings. The average molecular weight is 591 g/mol. The van der Waals surface area contributed by atoms with Crippen molar-refractivity contribution in [2.24, 2.45) is 10.8 Å². The monoisotopic (exact) mass is 590 g/mol. The molecule has 0 aromatic heterocycles. The number of hydrogen-bond acceptors (Lipinski definition) is 4. The van der Waals surface area contributed by atoms with Crippen LogP contribution in [0.1, 0.15) is 38.8 Å². The van der Waals surface area contributed by atoms with Gasteiger partial charge in [0, 0.05) is 54.8 Å². The third kappa shape index (κ3) is 3.07. The van der Waals surface area contributed by atoms with Crippen LogP contribution in [0.2, 0.25) is 0 Å². The predicted octanol–water partition coefficient (Wildman–Crippen LogP) is 9.66. The number of hydrogen-bond donors (Lipinski definition) is 0. The van der Waals surface area contributed by atoms with Gasteiger partial charge in [0.25, 0.3) is 0 Å². The molecule has 1 aromatic rings. The second-order valence-electron chi connectivity index (χ2n) is 10.5. The normalized spacial score (nSPS) is 33.8. The van der Waals surface area contributed by atoms with E-state index in [1.54, 1.807) is 37.4 Å². The van der Waals surface area contributed by atoms with Crippen LogP contribution in [0.5, 0.6) is 0 Å². The van der Waals surface area contributed by atoms with Gasteiger partial charge in [0.15, 0.2) is 0 Å². The number of alkyl halides is 6. The summed E-state index contributed by atoms with van der Waals surface area (Å²) < 4.78 is 91.6. The highest BCUT2D eigenvalue weighted by Gasteiger charge is 2.85. The van der Waals surface area contributed by atoms with E-state index in [0.29, 0.717) is 23.0 Å². The minimum Gasteiger partial charge on any atom is -0.194 e. The first-order valence-electron chi connectivity index (χ1n) is 11.8. The van der Waals surface area contributed by atoms with Crippen molar-refractivity contribution in [3.8, 4) is 0 Å². The van der Waals surface area contributed by atoms with E-state index in [9.17, 15) is 8.78 Å². The van der Waals surface area contributed by atoms with E-state index in [1.807, 2.05) is 13.8 Å². The van der Waals surface area contributed by atoms with Crippen molar-refractivity contribution < 1.29 is 26.3 Å². The number of thioether (sulfide) groups is 4. The van der Waals surface area contributed by atoms with Crippen LogP contribution < -0.4 is 0 Å². The molecule has 4 aliphatic heterocycles. The van der Waals surface area contributed by atoms with E-state index in [0.717, 1.165) is 55.6 Å². The summed E-state index contributed by atoms with van der Waals surface area (Å²) in [6.07, 6.45) is 0. The highest BCUT2D eigenvalue weighted by molar-refractivity contribution is 8.08. The lowest BCUT2D eigenvalue weighted by atomic mass is 9.55. The Balaban J connectivity index is 1.64. The maximum Gasteiger partial charge on any atom is 0.380 e. The van der Waals surface area contributed by atoms with Gasteiger partial charge in [-0.25, -0.2) is 0 Å². The predicted molar refractivity (Wildman–Crippen MR) is 144 cm³/mol. The van der Waals surface area contributed by atoms with E-state index < -0.39 is 39.7 Å². The van der Waals surface area contributed by atoms with Crippen molar-refractivity contribution in [2.45, 2.75) is 57.0 Å². The van der Waals surface area contributed by atoms with Gasteiger partial charge < -0.3 is 0 Å². The van der Waals surface area contributed by atoms with Crippen molar-refractivity contribution in [3.63, 3.8) is 0 Å². The molecule has 0 N–H and O–H groups in total. The SMILES string of the molecule is CC1=C2CSCc3ccc(cc3)CSCC3=C(C)SC4=C5C(=C(S1)[C@@]2(C)[C@@]34C)C(F)(F)C(F)(F)C5(F)F. The van der Waals surface area contributed by atoms with Gasteiger partial charge in [-0.1, -0.05) is 47.8 Å². The molecule has 2 bridgehead atoms. The summed E-state index contributed by atoms with van der Waals surface area (Å²) in [7, 11) is 0. The average Bonchev–Trinajstić information content (AvgIpc) is 3.27. The van der Waals surface area contributed by atoms with E-state index in [4.69, 9.17) is 0 Å². The largest absolute Gasteiger partial charge is 0.380 e. The molecule has 0 nitrogen and oxygen atoms in total. The van der Waals surface area contributed by atoms with Crippen molar-refractivity contribution in [1.29, 1.82) is 0 Å². The lowest BCUT2D eigenvalue weighted by Gasteiger charge is -2.50. The Kier molecular flexibility index (Phi) is 5.78. The van der Waals surface area contributed by atoms with Crippen molar-refractivity contribution in [3.05, 3.63) is 77.3 Å². The zero-order valence-corrected chi connectivity index (χ0v) is 23.8. The molecule has 0 spiro atoms. The third-order valence-electron chi connectivity index (χ3n) is 8.65. The van der Waals surface area contributed by atoms with Crippen LogP contribution in [-0.4, -0.2) is 29.3 Å². The van der Waals surface area contributed by atoms with Crippen LogP contribution in [0.3, 0.4) is 0 Å². The maximum atomic E-state index is 15.4. The third-order valence-corrected chi connectivity index (χ3v) is 13.4. The van der Waals surface area contributed by atoms with Crippen LogP contribution in [0.4, 0.5) is 26.3 Å². The first-order valence-corrected chi connectivity index (χ1v) is 15.8. The molecule has 198 valence electrons. The summed E-state index contributed by atoms with van der Waals surface area (Å²) in [5.74, 6) is -13.1. The number of rotatable bonds is 0. The number of fused-ring (bicyclic) bond motifs is 7. The van der Waals surface area contributed by atoms with Crippen molar-refractivity contribution in [1.82, 2.24) is 0 Å². The Bertz CT molecular complexity index is 1250. The highest BCUT2D eigenvalue weighted by Crippen LogP contribution is 2.80. The molecule has 1 aromatic carbocycles. The van der Waals surface area contributed by atoms with Crippen LogP contribution in [0, 0.1) is 10.8 Å². The van der Waals surface area contributed by atoms with Crippen LogP contribution in [0.25, 0.3) is 0 Å². The molecule has 7 rings (SSSR count). The fourth-order valence-electron chi connectivity index (χ4n) is 6.37. The Morgan fingerprint density at radius 1 is 0.595 bits per heavy atom. The van der Waals surface area contributed by atoms with Gasteiger partial charge in [-0.15, -0.1) is 0 Å². The van der Waals surface area contributed by atoms with Crippen LogP contribution in [-0.2, 0) is 11.5 Å². The zero-order valence-electron chi connectivity index (χ0n) is 20.5. The summed E-state index contributed by atoms with van der Waals surface area (Å²) in [5, 5.41) is 0. The van der Waals surface area contributed by atoms with Gasteiger partial charge in [0.05, 0.1) is 0 Å². The van der Waals surface area contributed by atoms with Gasteiger partial charge in [-0.2, -0.15) is 49.9 Å². The van der Waals surface area contributed by atoms with Gasteiger partial charge >= 0.3 is 17.8 Å². The molecule has 4 heterocycles. The van der Waals surface area contributed by atoms with Gasteiger partial charge in [0.1, 0.15) is 0 Å². The van der Waals surface area contributed by atoms with Gasteiger partial charge in [-0.05, 0) is 59.8 Å². The fraction of sp³-hybridized carbons (Fsp3) is 0.481. The summed E-state index contributed by atoms with van der Waals surface area (Å²) in [5.41, 5.74) is -0.549. The van der Waals surface area contributed by atoms with Crippen molar-refractivity contribution >= 4 is 47.0 Å². The molecule has 10 heteroatoms. The lowest BCUT2D eigenvalue weighted by molar-refractivity contribution is -0.258. The molecule has 2 aliphatic carbocycles. The second-order valence-corrected chi connectivity index (χ2v) is 14.9. The Morgan fingerprint density at radius 3 is 1.30 bits per heavy atom. The first kappa shape index (κ1) is 26.4. The Hall–Kier alpha value is -0.840. The summed E-state index contributed by atoms with van der Waals surface area (Å²) in [6.45, 7) is 7.24. The molecule has 1 saturated carbocycles. The van der Waals surface area contributed by atoms with Crippen molar-refractivity contribution in [2.75, 3.05) is 11.5 Å². The van der Waals surface area contributed by atoms with E-state index >= 15 is 17.6 Å². The van der Waals surface area contributed by atoms with E-state index in [2.05, 4.69) is 24.3 Å². The topological polar surface area (TPSA) is 0 Å². The number of halogens is 6.